The van der Waals surface area contributed by atoms with Crippen molar-refractivity contribution in [1.82, 2.24) is 15.1 Å². The Kier molecular flexibility index (Phi) is 2.96. The molecule has 20 heavy (non-hydrogen) atoms. The highest BCUT2D eigenvalue weighted by Gasteiger charge is 2.38. The maximum atomic E-state index is 6.28. The van der Waals surface area contributed by atoms with Gasteiger partial charge in [0, 0.05) is 12.4 Å². The van der Waals surface area contributed by atoms with E-state index < -0.39 is 0 Å². The first-order valence-electron chi connectivity index (χ1n) is 7.36. The molecule has 1 aromatic carbocycles. The molecule has 2 unspecified atom stereocenters. The highest BCUT2D eigenvalue weighted by atomic mass is 16.5. The van der Waals surface area contributed by atoms with E-state index in [1.54, 1.807) is 6.20 Å². The van der Waals surface area contributed by atoms with Crippen molar-refractivity contribution in [2.45, 2.75) is 18.9 Å². The van der Waals surface area contributed by atoms with Gasteiger partial charge in [0.15, 0.2) is 0 Å². The van der Waals surface area contributed by atoms with Crippen LogP contribution in [-0.2, 0) is 0 Å². The molecule has 2 fully saturated rings. The van der Waals surface area contributed by atoms with Gasteiger partial charge in [-0.05, 0) is 56.0 Å². The van der Waals surface area contributed by atoms with Crippen LogP contribution in [0.5, 0.6) is 5.75 Å². The number of hydrogen-bond acceptors (Lipinski definition) is 3. The van der Waals surface area contributed by atoms with Gasteiger partial charge in [-0.15, -0.1) is 0 Å². The first-order valence-corrected chi connectivity index (χ1v) is 7.36. The van der Waals surface area contributed by atoms with E-state index in [0.717, 1.165) is 36.4 Å². The predicted molar refractivity (Wildman–Crippen MR) is 77.1 cm³/mol. The normalized spacial score (nSPS) is 28.5. The molecular formula is C16H19N3O. The Morgan fingerprint density at radius 2 is 1.90 bits per heavy atom. The number of nitrogens with one attached hydrogen (secondary N) is 1. The molecule has 0 amide bonds. The molecule has 1 saturated heterocycles. The van der Waals surface area contributed by atoms with Gasteiger partial charge in [-0.25, -0.2) is 4.68 Å². The summed E-state index contributed by atoms with van der Waals surface area (Å²) in [5, 5.41) is 7.78. The average Bonchev–Trinajstić information content (AvgIpc) is 3.15. The summed E-state index contributed by atoms with van der Waals surface area (Å²) >= 11 is 0. The third-order valence-electron chi connectivity index (χ3n) is 4.52. The summed E-state index contributed by atoms with van der Waals surface area (Å²) in [6.45, 7) is 2.32. The molecule has 0 bridgehead atoms. The van der Waals surface area contributed by atoms with E-state index in [2.05, 4.69) is 16.5 Å². The number of hydrogen-bond donors (Lipinski definition) is 1. The van der Waals surface area contributed by atoms with E-state index in [4.69, 9.17) is 4.74 Å². The zero-order chi connectivity index (χ0) is 13.4. The van der Waals surface area contributed by atoms with Crippen LogP contribution in [0.25, 0.3) is 5.69 Å². The minimum Gasteiger partial charge on any atom is -0.488 e. The monoisotopic (exact) mass is 269 g/mol. The molecule has 1 saturated carbocycles. The van der Waals surface area contributed by atoms with E-state index in [1.165, 1.54) is 12.8 Å². The van der Waals surface area contributed by atoms with Gasteiger partial charge in [-0.2, -0.15) is 5.10 Å². The predicted octanol–water partition coefficient (Wildman–Crippen LogP) is 2.25. The smallest absolute Gasteiger partial charge is 0.145 e. The first-order chi connectivity index (χ1) is 9.90. The molecule has 4 heteroatoms. The second kappa shape index (κ2) is 4.94. The lowest BCUT2D eigenvalue weighted by atomic mass is 10.0. The van der Waals surface area contributed by atoms with Gasteiger partial charge in [0.1, 0.15) is 11.4 Å². The van der Waals surface area contributed by atoms with Crippen molar-refractivity contribution in [3.8, 4) is 11.4 Å². The minimum atomic E-state index is 0.351. The summed E-state index contributed by atoms with van der Waals surface area (Å²) in [6.07, 6.45) is 6.44. The summed E-state index contributed by atoms with van der Waals surface area (Å²) < 4.78 is 8.15. The van der Waals surface area contributed by atoms with E-state index >= 15 is 0 Å². The van der Waals surface area contributed by atoms with Crippen LogP contribution in [0.3, 0.4) is 0 Å². The average molecular weight is 269 g/mol. The molecule has 1 N–H and O–H groups in total. The molecule has 0 spiro atoms. The topological polar surface area (TPSA) is 39.1 Å². The maximum absolute atomic E-state index is 6.28. The molecule has 0 radical (unpaired) electrons. The Morgan fingerprint density at radius 3 is 2.65 bits per heavy atom. The Bertz CT molecular complexity index is 569. The van der Waals surface area contributed by atoms with Crippen molar-refractivity contribution in [3.63, 3.8) is 0 Å². The molecular weight excluding hydrogens is 250 g/mol. The van der Waals surface area contributed by atoms with Crippen LogP contribution in [0.1, 0.15) is 12.8 Å². The fourth-order valence-corrected chi connectivity index (χ4v) is 3.54. The summed E-state index contributed by atoms with van der Waals surface area (Å²) in [7, 11) is 0. The largest absolute Gasteiger partial charge is 0.488 e. The van der Waals surface area contributed by atoms with Crippen molar-refractivity contribution in [1.29, 1.82) is 0 Å². The fraction of sp³-hybridized carbons (Fsp3) is 0.438. The van der Waals surface area contributed by atoms with E-state index in [1.807, 2.05) is 35.1 Å². The molecule has 4 nitrogen and oxygen atoms in total. The third-order valence-corrected chi connectivity index (χ3v) is 4.52. The van der Waals surface area contributed by atoms with Crippen LogP contribution in [0.2, 0.25) is 0 Å². The summed E-state index contributed by atoms with van der Waals surface area (Å²) in [5.41, 5.74) is 1.02. The molecule has 2 atom stereocenters. The van der Waals surface area contributed by atoms with E-state index in [9.17, 15) is 0 Å². The highest BCUT2D eigenvalue weighted by molar-refractivity contribution is 5.45. The van der Waals surface area contributed by atoms with Crippen LogP contribution in [0.4, 0.5) is 0 Å². The van der Waals surface area contributed by atoms with E-state index in [-0.39, 0.29) is 0 Å². The Balaban J connectivity index is 1.55. The molecule has 2 aliphatic rings. The fourth-order valence-electron chi connectivity index (χ4n) is 3.54. The van der Waals surface area contributed by atoms with Crippen molar-refractivity contribution < 1.29 is 4.74 Å². The maximum Gasteiger partial charge on any atom is 0.145 e. The zero-order valence-corrected chi connectivity index (χ0v) is 11.4. The van der Waals surface area contributed by atoms with E-state index in [0.29, 0.717) is 6.10 Å². The van der Waals surface area contributed by atoms with Crippen molar-refractivity contribution in [2.75, 3.05) is 13.1 Å². The molecule has 1 aromatic heterocycles. The van der Waals surface area contributed by atoms with Crippen LogP contribution in [0, 0.1) is 11.8 Å². The molecule has 104 valence electrons. The SMILES string of the molecule is c1ccc(-n2cccn2)c(OC2CC3CNCC3C2)c1. The number of benzene rings is 1. The van der Waals surface area contributed by atoms with Crippen LogP contribution in [0.15, 0.2) is 42.7 Å². The molecule has 1 aliphatic carbocycles. The van der Waals surface area contributed by atoms with Crippen molar-refractivity contribution >= 4 is 0 Å². The number of para-hydroxylation sites is 2. The van der Waals surface area contributed by atoms with Gasteiger partial charge < -0.3 is 10.1 Å². The van der Waals surface area contributed by atoms with Crippen LogP contribution < -0.4 is 10.1 Å². The standard InChI is InChI=1S/C16H19N3O/c1-2-5-16(15(4-1)19-7-3-6-18-19)20-14-8-12-10-17-11-13(12)9-14/h1-7,12-14,17H,8-11H2. The zero-order valence-electron chi connectivity index (χ0n) is 11.4. The third kappa shape index (κ3) is 2.10. The number of ether oxygens (including phenoxy) is 1. The number of rotatable bonds is 3. The highest BCUT2D eigenvalue weighted by Crippen LogP contribution is 2.37. The second-order valence-corrected chi connectivity index (χ2v) is 5.81. The van der Waals surface area contributed by atoms with Crippen LogP contribution >= 0.6 is 0 Å². The molecule has 4 rings (SSSR count). The Hall–Kier alpha value is -1.81. The van der Waals surface area contributed by atoms with Crippen LogP contribution in [-0.4, -0.2) is 29.0 Å². The molecule has 2 heterocycles. The lowest BCUT2D eigenvalue weighted by Crippen LogP contribution is -2.19. The van der Waals surface area contributed by atoms with Gasteiger partial charge in [-0.1, -0.05) is 12.1 Å². The minimum absolute atomic E-state index is 0.351. The second-order valence-electron chi connectivity index (χ2n) is 5.81. The Morgan fingerprint density at radius 1 is 1.10 bits per heavy atom. The Labute approximate surface area is 118 Å². The first kappa shape index (κ1) is 12.0. The van der Waals surface area contributed by atoms with Crippen molar-refractivity contribution in [3.05, 3.63) is 42.7 Å². The summed E-state index contributed by atoms with van der Waals surface area (Å²) in [5.74, 6) is 2.54. The van der Waals surface area contributed by atoms with Gasteiger partial charge in [0.25, 0.3) is 0 Å². The van der Waals surface area contributed by atoms with Gasteiger partial charge in [0.05, 0.1) is 6.10 Å². The number of fused-ring (bicyclic) bond motifs is 1. The molecule has 1 aliphatic heterocycles. The number of nitrogens with zero attached hydrogens (tertiary/aromatic N) is 2. The lowest BCUT2D eigenvalue weighted by Gasteiger charge is -2.17. The number of aromatic nitrogens is 2. The van der Waals surface area contributed by atoms with Crippen molar-refractivity contribution in [2.24, 2.45) is 11.8 Å². The summed E-state index contributed by atoms with van der Waals surface area (Å²) in [6, 6.07) is 10.1. The van der Waals surface area contributed by atoms with Gasteiger partial charge in [-0.3, -0.25) is 0 Å². The van der Waals surface area contributed by atoms with Gasteiger partial charge >= 0.3 is 0 Å². The summed E-state index contributed by atoms with van der Waals surface area (Å²) in [4.78, 5) is 0. The quantitative estimate of drug-likeness (QED) is 0.929. The molecule has 2 aromatic rings. The van der Waals surface area contributed by atoms with Gasteiger partial charge in [0.2, 0.25) is 0 Å². The lowest BCUT2D eigenvalue weighted by molar-refractivity contribution is 0.198.